The van der Waals surface area contributed by atoms with Crippen LogP contribution in [-0.4, -0.2) is 16.6 Å². The first-order valence-corrected chi connectivity index (χ1v) is 5.74. The molecule has 5 heteroatoms. The van der Waals surface area contributed by atoms with Gasteiger partial charge in [-0.05, 0) is 31.6 Å². The Morgan fingerprint density at radius 3 is 2.46 bits per heavy atom. The van der Waals surface area contributed by atoms with Crippen LogP contribution in [0.3, 0.4) is 0 Å². The van der Waals surface area contributed by atoms with E-state index in [-0.39, 0.29) is 22.9 Å². The van der Waals surface area contributed by atoms with Crippen LogP contribution < -0.4 is 0 Å². The van der Waals surface area contributed by atoms with E-state index in [0.717, 1.165) is 19.3 Å². The zero-order valence-corrected chi connectivity index (χ0v) is 8.68. The van der Waals surface area contributed by atoms with Gasteiger partial charge in [0.1, 0.15) is 0 Å². The first kappa shape index (κ1) is 11.5. The van der Waals surface area contributed by atoms with Gasteiger partial charge in [0.2, 0.25) is 0 Å². The number of halogens is 4. The Labute approximate surface area is 85.2 Å². The third-order valence-corrected chi connectivity index (χ3v) is 3.43. The van der Waals surface area contributed by atoms with Gasteiger partial charge in [-0.25, -0.2) is 0 Å². The minimum absolute atomic E-state index is 0.0786. The maximum Gasteiger partial charge on any atom is 0.441 e. The zero-order chi connectivity index (χ0) is 9.90. The summed E-state index contributed by atoms with van der Waals surface area (Å²) in [6, 6.07) is 0. The van der Waals surface area contributed by atoms with Crippen LogP contribution in [0.25, 0.3) is 0 Å². The van der Waals surface area contributed by atoms with Crippen LogP contribution in [-0.2, 0) is 0 Å². The molecule has 0 spiro atoms. The molecule has 0 aromatic rings. The first-order chi connectivity index (χ1) is 5.97. The van der Waals surface area contributed by atoms with Gasteiger partial charge in [0, 0.05) is 11.1 Å². The molecule has 0 radical (unpaired) electrons. The van der Waals surface area contributed by atoms with Crippen molar-refractivity contribution < 1.29 is 13.2 Å². The molecule has 2 atom stereocenters. The van der Waals surface area contributed by atoms with Crippen molar-refractivity contribution in [2.24, 2.45) is 5.92 Å². The number of rotatable bonds is 3. The van der Waals surface area contributed by atoms with E-state index < -0.39 is 5.51 Å². The summed E-state index contributed by atoms with van der Waals surface area (Å²) in [5, 5.41) is 0.195. The van der Waals surface area contributed by atoms with Crippen molar-refractivity contribution in [1.82, 2.24) is 0 Å². The summed E-state index contributed by atoms with van der Waals surface area (Å²) in [4.78, 5) is 0. The average molecular weight is 233 g/mol. The van der Waals surface area contributed by atoms with Crippen molar-refractivity contribution in [3.63, 3.8) is 0 Å². The Morgan fingerprint density at radius 1 is 1.31 bits per heavy atom. The zero-order valence-electron chi connectivity index (χ0n) is 7.11. The van der Waals surface area contributed by atoms with Gasteiger partial charge in [0.05, 0.1) is 0 Å². The van der Waals surface area contributed by atoms with Crippen LogP contribution in [0.4, 0.5) is 13.2 Å². The second-order valence-corrected chi connectivity index (χ2v) is 5.14. The molecule has 2 unspecified atom stereocenters. The molecule has 13 heavy (non-hydrogen) atoms. The normalized spacial score (nSPS) is 29.5. The minimum atomic E-state index is -4.07. The standard InChI is InChI=1S/C8H12ClF3S/c9-7-2-1-6(5-7)3-4-13-8(10,11)12/h6-7H,1-5H2. The van der Waals surface area contributed by atoms with Crippen LogP contribution in [0.5, 0.6) is 0 Å². The molecular formula is C8H12ClF3S. The van der Waals surface area contributed by atoms with Gasteiger partial charge in [0.25, 0.3) is 0 Å². The number of hydrogen-bond acceptors (Lipinski definition) is 1. The smallest absolute Gasteiger partial charge is 0.160 e. The third kappa shape index (κ3) is 5.01. The quantitative estimate of drug-likeness (QED) is 0.662. The summed E-state index contributed by atoms with van der Waals surface area (Å²) in [7, 11) is 0. The van der Waals surface area contributed by atoms with Crippen LogP contribution in [0.15, 0.2) is 0 Å². The Kier molecular flexibility index (Phi) is 4.23. The maximum atomic E-state index is 11.7. The molecule has 1 saturated carbocycles. The number of alkyl halides is 4. The molecule has 1 aliphatic carbocycles. The molecule has 1 fully saturated rings. The predicted octanol–water partition coefficient (Wildman–Crippen LogP) is 4.04. The molecule has 78 valence electrons. The van der Waals surface area contributed by atoms with E-state index in [1.807, 2.05) is 0 Å². The highest BCUT2D eigenvalue weighted by Crippen LogP contribution is 2.36. The van der Waals surface area contributed by atoms with Crippen molar-refractivity contribution in [3.8, 4) is 0 Å². The van der Waals surface area contributed by atoms with Crippen molar-refractivity contribution in [3.05, 3.63) is 0 Å². The van der Waals surface area contributed by atoms with Gasteiger partial charge in [-0.1, -0.05) is 11.8 Å². The van der Waals surface area contributed by atoms with Gasteiger partial charge < -0.3 is 0 Å². The Balaban J connectivity index is 2.07. The van der Waals surface area contributed by atoms with E-state index in [4.69, 9.17) is 11.6 Å². The van der Waals surface area contributed by atoms with Crippen molar-refractivity contribution in [1.29, 1.82) is 0 Å². The molecule has 0 amide bonds. The van der Waals surface area contributed by atoms with Gasteiger partial charge >= 0.3 is 5.51 Å². The fourth-order valence-electron chi connectivity index (χ4n) is 1.62. The topological polar surface area (TPSA) is 0 Å². The lowest BCUT2D eigenvalue weighted by molar-refractivity contribution is -0.0328. The molecule has 0 heterocycles. The molecule has 0 saturated heterocycles. The highest BCUT2D eigenvalue weighted by atomic mass is 35.5. The average Bonchev–Trinajstić information content (AvgIpc) is 2.33. The SMILES string of the molecule is FC(F)(F)SCCC1CCC(Cl)C1. The van der Waals surface area contributed by atoms with Gasteiger partial charge in [0.15, 0.2) is 0 Å². The van der Waals surface area contributed by atoms with Gasteiger partial charge in [-0.15, -0.1) is 11.6 Å². The molecule has 0 nitrogen and oxygen atoms in total. The highest BCUT2D eigenvalue weighted by molar-refractivity contribution is 8.00. The summed E-state index contributed by atoms with van der Waals surface area (Å²) in [5.74, 6) is 0.593. The Bertz CT molecular complexity index is 160. The van der Waals surface area contributed by atoms with Crippen LogP contribution in [0.2, 0.25) is 0 Å². The highest BCUT2D eigenvalue weighted by Gasteiger charge is 2.29. The molecule has 0 bridgehead atoms. The predicted molar refractivity (Wildman–Crippen MR) is 50.1 cm³/mol. The van der Waals surface area contributed by atoms with Gasteiger partial charge in [-0.3, -0.25) is 0 Å². The second-order valence-electron chi connectivity index (χ2n) is 3.36. The van der Waals surface area contributed by atoms with Crippen LogP contribution >= 0.6 is 23.4 Å². The number of hydrogen-bond donors (Lipinski definition) is 0. The summed E-state index contributed by atoms with van der Waals surface area (Å²) in [6.45, 7) is 0. The van der Waals surface area contributed by atoms with E-state index in [9.17, 15) is 13.2 Å². The lowest BCUT2D eigenvalue weighted by Crippen LogP contribution is -2.04. The summed E-state index contributed by atoms with van der Waals surface area (Å²) in [5.41, 5.74) is -4.07. The molecule has 1 rings (SSSR count). The molecule has 1 aliphatic rings. The van der Waals surface area contributed by atoms with E-state index >= 15 is 0 Å². The van der Waals surface area contributed by atoms with Gasteiger partial charge in [-0.2, -0.15) is 13.2 Å². The van der Waals surface area contributed by atoms with E-state index in [2.05, 4.69) is 0 Å². The monoisotopic (exact) mass is 232 g/mol. The molecular weight excluding hydrogens is 221 g/mol. The van der Waals surface area contributed by atoms with Crippen LogP contribution in [0, 0.1) is 5.92 Å². The molecule has 0 aromatic heterocycles. The largest absolute Gasteiger partial charge is 0.441 e. The molecule has 0 aliphatic heterocycles. The lowest BCUT2D eigenvalue weighted by atomic mass is 10.1. The fourth-order valence-corrected chi connectivity index (χ4v) is 2.68. The summed E-state index contributed by atoms with van der Waals surface area (Å²) in [6.07, 6.45) is 3.49. The van der Waals surface area contributed by atoms with Crippen LogP contribution in [0.1, 0.15) is 25.7 Å². The fraction of sp³-hybridized carbons (Fsp3) is 1.00. The van der Waals surface area contributed by atoms with Crippen molar-refractivity contribution in [2.75, 3.05) is 5.75 Å². The van der Waals surface area contributed by atoms with E-state index in [1.165, 1.54) is 0 Å². The Morgan fingerprint density at radius 2 is 2.00 bits per heavy atom. The van der Waals surface area contributed by atoms with Crippen molar-refractivity contribution in [2.45, 2.75) is 36.6 Å². The third-order valence-electron chi connectivity index (χ3n) is 2.27. The molecule has 0 N–H and O–H groups in total. The second kappa shape index (κ2) is 4.78. The minimum Gasteiger partial charge on any atom is -0.160 e. The molecule has 0 aromatic carbocycles. The Hall–Kier alpha value is 0.430. The summed E-state index contributed by atoms with van der Waals surface area (Å²) >= 11 is 5.93. The van der Waals surface area contributed by atoms with E-state index in [0.29, 0.717) is 12.3 Å². The lowest BCUT2D eigenvalue weighted by Gasteiger charge is -2.09. The van der Waals surface area contributed by atoms with Crippen molar-refractivity contribution >= 4 is 23.4 Å². The maximum absolute atomic E-state index is 11.7. The first-order valence-electron chi connectivity index (χ1n) is 4.32. The van der Waals surface area contributed by atoms with E-state index in [1.54, 1.807) is 0 Å². The number of thioether (sulfide) groups is 1. The summed E-state index contributed by atoms with van der Waals surface area (Å²) < 4.78 is 35.2.